The molecule has 3 N–H and O–H groups in total. The first-order valence-electron chi connectivity index (χ1n) is 5.33. The number of para-hydroxylation sites is 1. The second-order valence-electron chi connectivity index (χ2n) is 3.53. The van der Waals surface area contributed by atoms with E-state index >= 15 is 0 Å². The van der Waals surface area contributed by atoms with Crippen molar-refractivity contribution in [3.8, 4) is 5.75 Å². The van der Waals surface area contributed by atoms with Crippen LogP contribution < -0.4 is 10.5 Å². The lowest BCUT2D eigenvalue weighted by molar-refractivity contribution is 0.228. The van der Waals surface area contributed by atoms with Crippen molar-refractivity contribution in [2.24, 2.45) is 11.7 Å². The van der Waals surface area contributed by atoms with Gasteiger partial charge in [0.1, 0.15) is 5.75 Å². The Morgan fingerprint density at radius 1 is 1.40 bits per heavy atom. The summed E-state index contributed by atoms with van der Waals surface area (Å²) >= 11 is 0. The molecule has 84 valence electrons. The van der Waals surface area contributed by atoms with Gasteiger partial charge in [0.25, 0.3) is 0 Å². The standard InChI is InChI=1S/C12H19NO2/c1-2-15-12-6-4-3-5-11(12)7-10(8-13)9-14/h3-6,10,14H,2,7-9,13H2,1H3/t10-/m1/s1. The molecule has 1 rings (SSSR count). The predicted octanol–water partition coefficient (Wildman–Crippen LogP) is 1.19. The number of rotatable bonds is 6. The lowest BCUT2D eigenvalue weighted by Crippen LogP contribution is -2.20. The highest BCUT2D eigenvalue weighted by atomic mass is 16.5. The van der Waals surface area contributed by atoms with Gasteiger partial charge in [-0.3, -0.25) is 0 Å². The van der Waals surface area contributed by atoms with Gasteiger partial charge in [-0.05, 0) is 37.4 Å². The summed E-state index contributed by atoms with van der Waals surface area (Å²) < 4.78 is 5.50. The van der Waals surface area contributed by atoms with Crippen LogP contribution >= 0.6 is 0 Å². The summed E-state index contributed by atoms with van der Waals surface area (Å²) in [5.41, 5.74) is 6.67. The monoisotopic (exact) mass is 209 g/mol. The second-order valence-corrected chi connectivity index (χ2v) is 3.53. The Hall–Kier alpha value is -1.06. The second kappa shape index (κ2) is 6.43. The van der Waals surface area contributed by atoms with E-state index in [1.807, 2.05) is 31.2 Å². The van der Waals surface area contributed by atoms with E-state index < -0.39 is 0 Å². The molecular weight excluding hydrogens is 190 g/mol. The van der Waals surface area contributed by atoms with Crippen molar-refractivity contribution < 1.29 is 9.84 Å². The topological polar surface area (TPSA) is 55.5 Å². The highest BCUT2D eigenvalue weighted by molar-refractivity contribution is 5.33. The van der Waals surface area contributed by atoms with Crippen molar-refractivity contribution in [1.29, 1.82) is 0 Å². The minimum Gasteiger partial charge on any atom is -0.494 e. The summed E-state index contributed by atoms with van der Waals surface area (Å²) in [7, 11) is 0. The average Bonchev–Trinajstić information content (AvgIpc) is 2.28. The van der Waals surface area contributed by atoms with Crippen molar-refractivity contribution in [1.82, 2.24) is 0 Å². The fraction of sp³-hybridized carbons (Fsp3) is 0.500. The Balaban J connectivity index is 2.73. The van der Waals surface area contributed by atoms with Crippen molar-refractivity contribution in [2.45, 2.75) is 13.3 Å². The highest BCUT2D eigenvalue weighted by Gasteiger charge is 2.09. The van der Waals surface area contributed by atoms with Crippen LogP contribution in [0.4, 0.5) is 0 Å². The molecule has 0 heterocycles. The van der Waals surface area contributed by atoms with E-state index in [1.165, 1.54) is 0 Å². The molecule has 1 atom stereocenters. The van der Waals surface area contributed by atoms with Crippen LogP contribution in [-0.2, 0) is 6.42 Å². The van der Waals surface area contributed by atoms with Crippen LogP contribution in [0.2, 0.25) is 0 Å². The van der Waals surface area contributed by atoms with Gasteiger partial charge in [-0.2, -0.15) is 0 Å². The molecule has 15 heavy (non-hydrogen) atoms. The van der Waals surface area contributed by atoms with E-state index in [0.29, 0.717) is 13.2 Å². The third-order valence-electron chi connectivity index (χ3n) is 2.37. The number of nitrogens with two attached hydrogens (primary N) is 1. The lowest BCUT2D eigenvalue weighted by atomic mass is 9.99. The molecule has 3 nitrogen and oxygen atoms in total. The van der Waals surface area contributed by atoms with Crippen molar-refractivity contribution in [2.75, 3.05) is 19.8 Å². The molecule has 0 amide bonds. The Morgan fingerprint density at radius 3 is 2.73 bits per heavy atom. The molecule has 0 saturated heterocycles. The van der Waals surface area contributed by atoms with E-state index in [-0.39, 0.29) is 12.5 Å². The maximum absolute atomic E-state index is 9.09. The molecule has 0 unspecified atom stereocenters. The Labute approximate surface area is 90.9 Å². The third kappa shape index (κ3) is 3.53. The van der Waals surface area contributed by atoms with Crippen LogP contribution in [0.1, 0.15) is 12.5 Å². The zero-order chi connectivity index (χ0) is 11.1. The van der Waals surface area contributed by atoms with E-state index in [2.05, 4.69) is 0 Å². The first kappa shape index (κ1) is 12.0. The summed E-state index contributed by atoms with van der Waals surface area (Å²) in [6.07, 6.45) is 0.767. The number of hydrogen-bond donors (Lipinski definition) is 2. The number of aliphatic hydroxyl groups is 1. The van der Waals surface area contributed by atoms with E-state index in [9.17, 15) is 0 Å². The average molecular weight is 209 g/mol. The molecule has 1 aromatic carbocycles. The van der Waals surface area contributed by atoms with Crippen LogP contribution in [0.5, 0.6) is 5.75 Å². The minimum absolute atomic E-state index is 0.117. The van der Waals surface area contributed by atoms with Gasteiger partial charge in [0.05, 0.1) is 6.61 Å². The van der Waals surface area contributed by atoms with E-state index in [4.69, 9.17) is 15.6 Å². The van der Waals surface area contributed by atoms with E-state index in [0.717, 1.165) is 17.7 Å². The molecule has 0 aliphatic carbocycles. The molecule has 0 fully saturated rings. The van der Waals surface area contributed by atoms with Crippen molar-refractivity contribution in [3.63, 3.8) is 0 Å². The van der Waals surface area contributed by atoms with Crippen LogP contribution in [0.15, 0.2) is 24.3 Å². The molecule has 0 bridgehead atoms. The third-order valence-corrected chi connectivity index (χ3v) is 2.37. The van der Waals surface area contributed by atoms with Gasteiger partial charge in [-0.1, -0.05) is 18.2 Å². The Morgan fingerprint density at radius 2 is 2.13 bits per heavy atom. The fourth-order valence-corrected chi connectivity index (χ4v) is 1.50. The molecular formula is C12H19NO2. The van der Waals surface area contributed by atoms with Gasteiger partial charge >= 0.3 is 0 Å². The SMILES string of the molecule is CCOc1ccccc1C[C@H](CN)CO. The largest absolute Gasteiger partial charge is 0.494 e. The zero-order valence-electron chi connectivity index (χ0n) is 9.15. The van der Waals surface area contributed by atoms with E-state index in [1.54, 1.807) is 0 Å². The summed E-state index contributed by atoms with van der Waals surface area (Å²) in [6, 6.07) is 7.89. The smallest absolute Gasteiger partial charge is 0.122 e. The highest BCUT2D eigenvalue weighted by Crippen LogP contribution is 2.20. The van der Waals surface area contributed by atoms with Crippen LogP contribution in [0.25, 0.3) is 0 Å². The molecule has 0 saturated carbocycles. The van der Waals surface area contributed by atoms with Gasteiger partial charge in [-0.15, -0.1) is 0 Å². The number of aliphatic hydroxyl groups excluding tert-OH is 1. The quantitative estimate of drug-likeness (QED) is 0.740. The van der Waals surface area contributed by atoms with Gasteiger partial charge in [0.2, 0.25) is 0 Å². The minimum atomic E-state index is 0.117. The first-order valence-corrected chi connectivity index (χ1v) is 5.33. The maximum Gasteiger partial charge on any atom is 0.122 e. The summed E-state index contributed by atoms with van der Waals surface area (Å²) in [5.74, 6) is 1.01. The summed E-state index contributed by atoms with van der Waals surface area (Å²) in [5, 5.41) is 9.09. The van der Waals surface area contributed by atoms with Crippen LogP contribution in [-0.4, -0.2) is 24.9 Å². The molecule has 0 aliphatic rings. The molecule has 1 aromatic rings. The van der Waals surface area contributed by atoms with Gasteiger partial charge in [0.15, 0.2) is 0 Å². The molecule has 3 heteroatoms. The van der Waals surface area contributed by atoms with Gasteiger partial charge < -0.3 is 15.6 Å². The van der Waals surface area contributed by atoms with Crippen LogP contribution in [0.3, 0.4) is 0 Å². The Bertz CT molecular complexity index is 285. The number of benzene rings is 1. The lowest BCUT2D eigenvalue weighted by Gasteiger charge is -2.14. The number of hydrogen-bond acceptors (Lipinski definition) is 3. The summed E-state index contributed by atoms with van der Waals surface area (Å²) in [6.45, 7) is 3.24. The number of ether oxygens (including phenoxy) is 1. The maximum atomic E-state index is 9.09. The van der Waals surface area contributed by atoms with Gasteiger partial charge in [-0.25, -0.2) is 0 Å². The zero-order valence-corrected chi connectivity index (χ0v) is 9.15. The van der Waals surface area contributed by atoms with Crippen molar-refractivity contribution in [3.05, 3.63) is 29.8 Å². The molecule has 0 spiro atoms. The molecule has 0 radical (unpaired) electrons. The van der Waals surface area contributed by atoms with Gasteiger partial charge in [0, 0.05) is 6.61 Å². The first-order chi connectivity index (χ1) is 7.31. The summed E-state index contributed by atoms with van der Waals surface area (Å²) in [4.78, 5) is 0. The Kier molecular flexibility index (Phi) is 5.15. The molecule has 0 aliphatic heterocycles. The predicted molar refractivity (Wildman–Crippen MR) is 60.9 cm³/mol. The fourth-order valence-electron chi connectivity index (χ4n) is 1.50. The van der Waals surface area contributed by atoms with Crippen molar-refractivity contribution >= 4 is 0 Å². The normalized spacial score (nSPS) is 12.5. The molecule has 0 aromatic heterocycles. The van der Waals surface area contributed by atoms with Crippen LogP contribution in [0, 0.1) is 5.92 Å².